The number of carbonyl (C=O) groups excluding carboxylic acids is 4. The average Bonchev–Trinajstić information content (AvgIpc) is 2.61. The number of ether oxygens (including phenoxy) is 2. The number of hydrogen-bond donors (Lipinski definition) is 2. The monoisotopic (exact) mass is 366 g/mol. The first-order valence-electron chi connectivity index (χ1n) is 8.37. The molecule has 0 aromatic rings. The lowest BCUT2D eigenvalue weighted by Crippen LogP contribution is -2.43. The molecule has 0 spiro atoms. The van der Waals surface area contributed by atoms with Crippen molar-refractivity contribution in [1.82, 2.24) is 5.32 Å². The number of rotatable bonds is 12. The van der Waals surface area contributed by atoms with E-state index in [0.29, 0.717) is 6.42 Å². The first kappa shape index (κ1) is 23.2. The predicted octanol–water partition coefficient (Wildman–Crippen LogP) is 0.591. The summed E-state index contributed by atoms with van der Waals surface area (Å²) in [5.74, 6) is -1.17. The third-order valence-corrected chi connectivity index (χ3v) is 3.33. The van der Waals surface area contributed by atoms with Gasteiger partial charge in [-0.25, -0.2) is 9.59 Å². The van der Waals surface area contributed by atoms with Gasteiger partial charge in [-0.15, -0.1) is 6.42 Å². The van der Waals surface area contributed by atoms with E-state index in [-0.39, 0.29) is 6.42 Å². The number of methoxy groups -OCH3 is 1. The Balaban J connectivity index is 4.81. The minimum atomic E-state index is -1.55. The van der Waals surface area contributed by atoms with E-state index in [1.54, 1.807) is 0 Å². The zero-order chi connectivity index (χ0) is 19.9. The Labute approximate surface area is 153 Å². The van der Waals surface area contributed by atoms with Crippen LogP contribution in [-0.4, -0.2) is 43.0 Å². The highest BCUT2D eigenvalue weighted by atomic mass is 16.6. The van der Waals surface area contributed by atoms with Gasteiger partial charge < -0.3 is 20.5 Å². The Hall–Kier alpha value is -2.82. The Kier molecular flexibility index (Phi) is 12.0. The summed E-state index contributed by atoms with van der Waals surface area (Å²) in [7, 11) is 1.09. The Bertz CT molecular complexity index is 565. The molecule has 0 radical (unpaired) electrons. The molecule has 26 heavy (non-hydrogen) atoms. The fourth-order valence-electron chi connectivity index (χ4n) is 1.96. The summed E-state index contributed by atoms with van der Waals surface area (Å²) in [6.45, 7) is 2.09. The van der Waals surface area contributed by atoms with Crippen LogP contribution in [0.15, 0.2) is 12.2 Å². The van der Waals surface area contributed by atoms with Gasteiger partial charge in [0.15, 0.2) is 0 Å². The van der Waals surface area contributed by atoms with Gasteiger partial charge in [-0.2, -0.15) is 0 Å². The van der Waals surface area contributed by atoms with E-state index in [2.05, 4.69) is 17.0 Å². The molecular formula is C18H26N2O6. The van der Waals surface area contributed by atoms with Crippen LogP contribution in [0, 0.1) is 12.3 Å². The third-order valence-electron chi connectivity index (χ3n) is 3.33. The Morgan fingerprint density at radius 3 is 2.35 bits per heavy atom. The molecule has 2 amide bonds. The molecule has 0 aliphatic carbocycles. The molecule has 1 unspecified atom stereocenters. The SMILES string of the molecule is C#C[C@H](OC(=O)C(/C=C/C(N)=O)NC(=O)CCCCCCC)C(=O)OC. The highest BCUT2D eigenvalue weighted by Gasteiger charge is 2.26. The second-order valence-corrected chi connectivity index (χ2v) is 5.48. The maximum Gasteiger partial charge on any atom is 0.360 e. The largest absolute Gasteiger partial charge is 0.466 e. The summed E-state index contributed by atoms with van der Waals surface area (Å²) in [6, 6.07) is -1.30. The van der Waals surface area contributed by atoms with Crippen LogP contribution in [0.2, 0.25) is 0 Å². The van der Waals surface area contributed by atoms with Gasteiger partial charge in [0.05, 0.1) is 7.11 Å². The quantitative estimate of drug-likeness (QED) is 0.225. The lowest BCUT2D eigenvalue weighted by molar-refractivity contribution is -0.162. The molecule has 144 valence electrons. The Morgan fingerprint density at radius 1 is 1.15 bits per heavy atom. The second kappa shape index (κ2) is 13.5. The van der Waals surface area contributed by atoms with Gasteiger partial charge in [-0.05, 0) is 12.5 Å². The molecular weight excluding hydrogens is 340 g/mol. The minimum absolute atomic E-state index is 0.216. The number of nitrogens with two attached hydrogens (primary N) is 1. The van der Waals surface area contributed by atoms with Crippen LogP contribution in [0.5, 0.6) is 0 Å². The standard InChI is InChI=1S/C18H26N2O6/c1-4-6-7-8-9-10-16(22)20-13(11-12-15(19)21)17(23)26-14(5-2)18(24)25-3/h2,11-14H,4,6-10H2,1,3H3,(H2,19,21)(H,20,22)/b12-11+/t13?,14-/m0/s1. The normalized spacial score (nSPS) is 12.7. The van der Waals surface area contributed by atoms with E-state index in [4.69, 9.17) is 16.9 Å². The van der Waals surface area contributed by atoms with Crippen molar-refractivity contribution < 1.29 is 28.7 Å². The van der Waals surface area contributed by atoms with E-state index in [9.17, 15) is 19.2 Å². The second-order valence-electron chi connectivity index (χ2n) is 5.48. The molecule has 0 aromatic heterocycles. The van der Waals surface area contributed by atoms with Gasteiger partial charge in [0.1, 0.15) is 6.04 Å². The molecule has 0 aliphatic rings. The molecule has 0 bridgehead atoms. The highest BCUT2D eigenvalue weighted by molar-refractivity contribution is 5.91. The van der Waals surface area contributed by atoms with Crippen molar-refractivity contribution in [3.05, 3.63) is 12.2 Å². The number of hydrogen-bond acceptors (Lipinski definition) is 6. The van der Waals surface area contributed by atoms with Crippen molar-refractivity contribution >= 4 is 23.8 Å². The van der Waals surface area contributed by atoms with Crippen LogP contribution < -0.4 is 11.1 Å². The first-order chi connectivity index (χ1) is 12.3. The van der Waals surface area contributed by atoms with E-state index in [0.717, 1.165) is 44.9 Å². The molecule has 0 saturated heterocycles. The molecule has 0 heterocycles. The molecule has 0 saturated carbocycles. The summed E-state index contributed by atoms with van der Waals surface area (Å²) in [6.07, 6.45) is 10.6. The molecule has 2 atom stereocenters. The number of esters is 2. The number of carbonyl (C=O) groups is 4. The molecule has 0 fully saturated rings. The molecule has 0 rings (SSSR count). The molecule has 8 heteroatoms. The molecule has 3 N–H and O–H groups in total. The number of primary amides is 1. The molecule has 0 aliphatic heterocycles. The van der Waals surface area contributed by atoms with Crippen molar-refractivity contribution in [2.45, 2.75) is 57.6 Å². The number of nitrogens with one attached hydrogen (secondary N) is 1. The topological polar surface area (TPSA) is 125 Å². The zero-order valence-corrected chi connectivity index (χ0v) is 15.2. The average molecular weight is 366 g/mol. The summed E-state index contributed by atoms with van der Waals surface area (Å²) in [5.41, 5.74) is 5.00. The van der Waals surface area contributed by atoms with E-state index < -0.39 is 35.9 Å². The third kappa shape index (κ3) is 10.1. The minimum Gasteiger partial charge on any atom is -0.466 e. The lowest BCUT2D eigenvalue weighted by atomic mass is 10.1. The van der Waals surface area contributed by atoms with Crippen LogP contribution in [0.1, 0.15) is 45.4 Å². The zero-order valence-electron chi connectivity index (χ0n) is 15.2. The van der Waals surface area contributed by atoms with Gasteiger partial charge in [0.25, 0.3) is 6.10 Å². The van der Waals surface area contributed by atoms with Crippen LogP contribution in [0.4, 0.5) is 0 Å². The van der Waals surface area contributed by atoms with Crippen molar-refractivity contribution in [3.8, 4) is 12.3 Å². The summed E-state index contributed by atoms with van der Waals surface area (Å²) >= 11 is 0. The van der Waals surface area contributed by atoms with Crippen molar-refractivity contribution in [2.75, 3.05) is 7.11 Å². The number of terminal acetylenes is 1. The predicted molar refractivity (Wildman–Crippen MR) is 94.4 cm³/mol. The first-order valence-corrected chi connectivity index (χ1v) is 8.37. The fourth-order valence-corrected chi connectivity index (χ4v) is 1.96. The van der Waals surface area contributed by atoms with Gasteiger partial charge >= 0.3 is 11.9 Å². The maximum atomic E-state index is 12.2. The smallest absolute Gasteiger partial charge is 0.360 e. The fraction of sp³-hybridized carbons (Fsp3) is 0.556. The van der Waals surface area contributed by atoms with Crippen molar-refractivity contribution in [2.24, 2.45) is 5.73 Å². The Morgan fingerprint density at radius 2 is 1.81 bits per heavy atom. The van der Waals surface area contributed by atoms with Crippen LogP contribution in [0.25, 0.3) is 0 Å². The van der Waals surface area contributed by atoms with Crippen molar-refractivity contribution in [3.63, 3.8) is 0 Å². The number of amides is 2. The van der Waals surface area contributed by atoms with Crippen LogP contribution in [-0.2, 0) is 28.7 Å². The van der Waals surface area contributed by atoms with Gasteiger partial charge in [0, 0.05) is 12.5 Å². The number of unbranched alkanes of at least 4 members (excludes halogenated alkanes) is 4. The lowest BCUT2D eigenvalue weighted by Gasteiger charge is -2.16. The van der Waals surface area contributed by atoms with Gasteiger partial charge in [-0.1, -0.05) is 38.5 Å². The summed E-state index contributed by atoms with van der Waals surface area (Å²) in [5, 5.41) is 2.42. The van der Waals surface area contributed by atoms with E-state index in [1.165, 1.54) is 0 Å². The molecule has 0 aromatic carbocycles. The van der Waals surface area contributed by atoms with E-state index in [1.807, 2.05) is 5.92 Å². The summed E-state index contributed by atoms with van der Waals surface area (Å²) < 4.78 is 9.25. The van der Waals surface area contributed by atoms with Crippen LogP contribution in [0.3, 0.4) is 0 Å². The van der Waals surface area contributed by atoms with Gasteiger partial charge in [0.2, 0.25) is 11.8 Å². The van der Waals surface area contributed by atoms with Crippen LogP contribution >= 0.6 is 0 Å². The van der Waals surface area contributed by atoms with Crippen molar-refractivity contribution in [1.29, 1.82) is 0 Å². The maximum absolute atomic E-state index is 12.2. The van der Waals surface area contributed by atoms with E-state index >= 15 is 0 Å². The molecule has 8 nitrogen and oxygen atoms in total. The summed E-state index contributed by atoms with van der Waals surface area (Å²) in [4.78, 5) is 46.4. The highest BCUT2D eigenvalue weighted by Crippen LogP contribution is 2.06. The van der Waals surface area contributed by atoms with Gasteiger partial charge in [-0.3, -0.25) is 9.59 Å².